The van der Waals surface area contributed by atoms with Crippen LogP contribution in [0.3, 0.4) is 0 Å². The molecule has 0 saturated carbocycles. The third-order valence-electron chi connectivity index (χ3n) is 5.45. The zero-order chi connectivity index (χ0) is 25.3. The number of Topliss-reactive ketones (excluding diaryl/α,β-unsaturated/α-hetero) is 2. The normalized spacial score (nSPS) is 11.9. The molecule has 0 aliphatic carbocycles. The fourth-order valence-electron chi connectivity index (χ4n) is 3.49. The van der Waals surface area contributed by atoms with Crippen molar-refractivity contribution in [1.82, 2.24) is 0 Å². The standard InChI is InChI=1S/C30H27F3O2/c1-22-8-10-23(11-9-22)4-2-6-28(34)20-25-12-14-26(15-13-25)21-29(35)7-3-5-24-16-18-27(19-17-24)30(31,32)33/h2-5,8-19H,6-7,20-21H2,1H3/b4-2+,5-3+. The Balaban J connectivity index is 1.42. The largest absolute Gasteiger partial charge is 0.416 e. The van der Waals surface area contributed by atoms with Crippen molar-refractivity contribution in [3.8, 4) is 0 Å². The van der Waals surface area contributed by atoms with E-state index in [2.05, 4.69) is 0 Å². The highest BCUT2D eigenvalue weighted by molar-refractivity contribution is 5.84. The fourth-order valence-corrected chi connectivity index (χ4v) is 3.49. The lowest BCUT2D eigenvalue weighted by atomic mass is 10.0. The van der Waals surface area contributed by atoms with Crippen LogP contribution in [0.2, 0.25) is 0 Å². The topological polar surface area (TPSA) is 34.1 Å². The van der Waals surface area contributed by atoms with E-state index in [9.17, 15) is 22.8 Å². The van der Waals surface area contributed by atoms with Gasteiger partial charge in [0, 0.05) is 25.7 Å². The van der Waals surface area contributed by atoms with Crippen molar-refractivity contribution in [2.75, 3.05) is 0 Å². The van der Waals surface area contributed by atoms with Gasteiger partial charge in [-0.3, -0.25) is 9.59 Å². The van der Waals surface area contributed by atoms with Crippen LogP contribution >= 0.6 is 0 Å². The lowest BCUT2D eigenvalue weighted by Crippen LogP contribution is -2.04. The Bertz CT molecular complexity index is 1180. The van der Waals surface area contributed by atoms with E-state index in [1.807, 2.05) is 67.6 Å². The first-order valence-electron chi connectivity index (χ1n) is 11.4. The zero-order valence-electron chi connectivity index (χ0n) is 19.5. The highest BCUT2D eigenvalue weighted by Gasteiger charge is 2.29. The molecule has 0 spiro atoms. The molecule has 3 rings (SSSR count). The summed E-state index contributed by atoms with van der Waals surface area (Å²) in [5.74, 6) is 0.115. The summed E-state index contributed by atoms with van der Waals surface area (Å²) in [5, 5.41) is 0. The molecule has 0 aromatic heterocycles. The lowest BCUT2D eigenvalue weighted by Gasteiger charge is -2.05. The average Bonchev–Trinajstić information content (AvgIpc) is 2.81. The molecular formula is C30H27F3O2. The van der Waals surface area contributed by atoms with Crippen LogP contribution in [-0.4, -0.2) is 11.6 Å². The first-order chi connectivity index (χ1) is 16.7. The number of hydrogen-bond acceptors (Lipinski definition) is 2. The Kier molecular flexibility index (Phi) is 8.96. The van der Waals surface area contributed by atoms with Gasteiger partial charge in [-0.05, 0) is 41.3 Å². The van der Waals surface area contributed by atoms with Crippen LogP contribution in [0.4, 0.5) is 13.2 Å². The van der Waals surface area contributed by atoms with Crippen LogP contribution in [0.1, 0.15) is 46.2 Å². The SMILES string of the molecule is Cc1ccc(/C=C/CC(=O)Cc2ccc(CC(=O)C/C=C/c3ccc(C(F)(F)F)cc3)cc2)cc1. The minimum Gasteiger partial charge on any atom is -0.299 e. The first-order valence-corrected chi connectivity index (χ1v) is 11.4. The molecule has 3 aromatic rings. The molecule has 0 aliphatic rings. The summed E-state index contributed by atoms with van der Waals surface area (Å²) in [7, 11) is 0. The molecule has 0 heterocycles. The van der Waals surface area contributed by atoms with Crippen molar-refractivity contribution in [2.24, 2.45) is 0 Å². The van der Waals surface area contributed by atoms with Gasteiger partial charge in [0.1, 0.15) is 11.6 Å². The van der Waals surface area contributed by atoms with Gasteiger partial charge >= 0.3 is 6.18 Å². The summed E-state index contributed by atoms with van der Waals surface area (Å²) < 4.78 is 37.8. The van der Waals surface area contributed by atoms with E-state index in [1.54, 1.807) is 12.2 Å². The van der Waals surface area contributed by atoms with E-state index in [0.29, 0.717) is 18.4 Å². The Labute approximate surface area is 203 Å². The number of carbonyl (C=O) groups excluding carboxylic acids is 2. The molecular weight excluding hydrogens is 449 g/mol. The minimum atomic E-state index is -4.36. The molecule has 0 fully saturated rings. The Hall–Kier alpha value is -3.73. The smallest absolute Gasteiger partial charge is 0.299 e. The van der Waals surface area contributed by atoms with Gasteiger partial charge in [-0.1, -0.05) is 90.5 Å². The van der Waals surface area contributed by atoms with Gasteiger partial charge in [0.15, 0.2) is 0 Å². The van der Waals surface area contributed by atoms with E-state index in [-0.39, 0.29) is 24.4 Å². The third kappa shape index (κ3) is 8.85. The van der Waals surface area contributed by atoms with Gasteiger partial charge in [0.2, 0.25) is 0 Å². The van der Waals surface area contributed by atoms with Crippen LogP contribution in [-0.2, 0) is 28.6 Å². The quantitative estimate of drug-likeness (QED) is 0.305. The summed E-state index contributed by atoms with van der Waals surface area (Å²) in [5.41, 5.74) is 3.92. The molecule has 0 N–H and O–H groups in total. The molecule has 0 amide bonds. The predicted molar refractivity (Wildman–Crippen MR) is 134 cm³/mol. The van der Waals surface area contributed by atoms with Gasteiger partial charge in [0.25, 0.3) is 0 Å². The second-order valence-electron chi connectivity index (χ2n) is 8.49. The molecule has 0 atom stereocenters. The molecule has 2 nitrogen and oxygen atoms in total. The number of carbonyl (C=O) groups is 2. The van der Waals surface area contributed by atoms with E-state index in [1.165, 1.54) is 17.7 Å². The number of hydrogen-bond donors (Lipinski definition) is 0. The van der Waals surface area contributed by atoms with Crippen LogP contribution in [0, 0.1) is 6.92 Å². The predicted octanol–water partition coefficient (Wildman–Crippen LogP) is 7.44. The molecule has 180 valence electrons. The summed E-state index contributed by atoms with van der Waals surface area (Å²) in [4.78, 5) is 24.5. The zero-order valence-corrected chi connectivity index (χ0v) is 19.5. The minimum absolute atomic E-state index is 0.00164. The van der Waals surface area contributed by atoms with E-state index < -0.39 is 11.7 Å². The van der Waals surface area contributed by atoms with E-state index in [0.717, 1.165) is 28.8 Å². The number of halogens is 3. The van der Waals surface area contributed by atoms with Gasteiger partial charge < -0.3 is 0 Å². The van der Waals surface area contributed by atoms with Crippen LogP contribution < -0.4 is 0 Å². The highest BCUT2D eigenvalue weighted by Crippen LogP contribution is 2.29. The molecule has 35 heavy (non-hydrogen) atoms. The maximum atomic E-state index is 12.6. The van der Waals surface area contributed by atoms with Crippen molar-refractivity contribution in [3.63, 3.8) is 0 Å². The number of alkyl halides is 3. The van der Waals surface area contributed by atoms with Gasteiger partial charge in [-0.25, -0.2) is 0 Å². The molecule has 0 radical (unpaired) electrons. The Morgan fingerprint density at radius 1 is 0.657 bits per heavy atom. The highest BCUT2D eigenvalue weighted by atomic mass is 19.4. The monoisotopic (exact) mass is 476 g/mol. The summed E-state index contributed by atoms with van der Waals surface area (Å²) in [6.07, 6.45) is 3.89. The van der Waals surface area contributed by atoms with Gasteiger partial charge in [0.05, 0.1) is 5.56 Å². The Morgan fingerprint density at radius 2 is 1.06 bits per heavy atom. The van der Waals surface area contributed by atoms with Crippen molar-refractivity contribution in [1.29, 1.82) is 0 Å². The molecule has 3 aromatic carbocycles. The van der Waals surface area contributed by atoms with Crippen LogP contribution in [0.15, 0.2) is 84.9 Å². The maximum absolute atomic E-state index is 12.6. The summed E-state index contributed by atoms with van der Waals surface area (Å²) >= 11 is 0. The third-order valence-corrected chi connectivity index (χ3v) is 5.45. The number of allylic oxidation sites excluding steroid dienone is 2. The summed E-state index contributed by atoms with van der Waals surface area (Å²) in [6, 6.07) is 20.3. The van der Waals surface area contributed by atoms with Crippen molar-refractivity contribution in [2.45, 2.75) is 38.8 Å². The molecule has 5 heteroatoms. The van der Waals surface area contributed by atoms with E-state index in [4.69, 9.17) is 0 Å². The second-order valence-corrected chi connectivity index (χ2v) is 8.49. The van der Waals surface area contributed by atoms with Gasteiger partial charge in [-0.15, -0.1) is 0 Å². The fraction of sp³-hybridized carbons (Fsp3) is 0.200. The second kappa shape index (κ2) is 12.1. The van der Waals surface area contributed by atoms with Crippen LogP contribution in [0.5, 0.6) is 0 Å². The molecule has 0 unspecified atom stereocenters. The van der Waals surface area contributed by atoms with Gasteiger partial charge in [-0.2, -0.15) is 13.2 Å². The van der Waals surface area contributed by atoms with Crippen molar-refractivity contribution >= 4 is 23.7 Å². The van der Waals surface area contributed by atoms with Crippen molar-refractivity contribution < 1.29 is 22.8 Å². The number of benzene rings is 3. The number of rotatable bonds is 10. The molecule has 0 saturated heterocycles. The van der Waals surface area contributed by atoms with Crippen molar-refractivity contribution in [3.05, 3.63) is 118 Å². The molecule has 0 bridgehead atoms. The number of aryl methyl sites for hydroxylation is 1. The average molecular weight is 477 g/mol. The Morgan fingerprint density at radius 3 is 1.46 bits per heavy atom. The van der Waals surface area contributed by atoms with Crippen LogP contribution in [0.25, 0.3) is 12.2 Å². The summed E-state index contributed by atoms with van der Waals surface area (Å²) in [6.45, 7) is 2.03. The lowest BCUT2D eigenvalue weighted by molar-refractivity contribution is -0.137. The maximum Gasteiger partial charge on any atom is 0.416 e. The number of ketones is 2. The first kappa shape index (κ1) is 25.9. The van der Waals surface area contributed by atoms with E-state index >= 15 is 0 Å². The molecule has 0 aliphatic heterocycles.